The van der Waals surface area contributed by atoms with E-state index in [-0.39, 0.29) is 35.3 Å². The number of rotatable bonds is 4. The molecule has 1 amide bonds. The van der Waals surface area contributed by atoms with E-state index in [0.717, 1.165) is 17.5 Å². The SMILES string of the molecule is Cc1ccc(NC(=O)COC(=O)[C@@H]2[C@H]3C[C@H]4[C@H](OC(=O)[C@H]42)[C@H]3Br)cc1C. The first kappa shape index (κ1) is 17.5. The minimum atomic E-state index is -0.523. The van der Waals surface area contributed by atoms with Crippen molar-refractivity contribution in [3.05, 3.63) is 29.3 Å². The molecule has 1 aromatic carbocycles. The average molecular weight is 422 g/mol. The third-order valence-electron chi connectivity index (χ3n) is 5.93. The summed E-state index contributed by atoms with van der Waals surface area (Å²) in [5.41, 5.74) is 2.87. The number of aryl methyl sites for hydroxylation is 2. The third kappa shape index (κ3) is 2.73. The molecule has 6 nitrogen and oxygen atoms in total. The zero-order chi connectivity index (χ0) is 18.6. The maximum atomic E-state index is 12.5. The summed E-state index contributed by atoms with van der Waals surface area (Å²) >= 11 is 3.56. The average Bonchev–Trinajstić information content (AvgIpc) is 3.20. The summed E-state index contributed by atoms with van der Waals surface area (Å²) in [5, 5.41) is 2.72. The lowest BCUT2D eigenvalue weighted by Crippen LogP contribution is -2.39. The van der Waals surface area contributed by atoms with Gasteiger partial charge < -0.3 is 14.8 Å². The predicted octanol–water partition coefficient (Wildman–Crippen LogP) is 2.36. The first-order valence-electron chi connectivity index (χ1n) is 8.75. The van der Waals surface area contributed by atoms with Gasteiger partial charge in [0.2, 0.25) is 0 Å². The predicted molar refractivity (Wildman–Crippen MR) is 96.7 cm³/mol. The Labute approximate surface area is 159 Å². The Balaban J connectivity index is 1.36. The molecule has 3 aliphatic rings. The van der Waals surface area contributed by atoms with Gasteiger partial charge in [-0.15, -0.1) is 0 Å². The van der Waals surface area contributed by atoms with Gasteiger partial charge in [-0.2, -0.15) is 0 Å². The largest absolute Gasteiger partial charge is 0.461 e. The molecule has 0 aromatic heterocycles. The Morgan fingerprint density at radius 2 is 2.04 bits per heavy atom. The van der Waals surface area contributed by atoms with Gasteiger partial charge in [-0.1, -0.05) is 22.0 Å². The second-order valence-electron chi connectivity index (χ2n) is 7.42. The van der Waals surface area contributed by atoms with E-state index in [1.165, 1.54) is 0 Å². The zero-order valence-corrected chi connectivity index (χ0v) is 16.1. The number of hydrogen-bond donors (Lipinski definition) is 1. The highest BCUT2D eigenvalue weighted by Gasteiger charge is 2.68. The maximum absolute atomic E-state index is 12.5. The number of alkyl halides is 1. The molecule has 1 aromatic rings. The zero-order valence-electron chi connectivity index (χ0n) is 14.5. The first-order chi connectivity index (χ1) is 12.4. The Hall–Kier alpha value is -1.89. The quantitative estimate of drug-likeness (QED) is 0.595. The van der Waals surface area contributed by atoms with Gasteiger partial charge in [0, 0.05) is 11.6 Å². The van der Waals surface area contributed by atoms with E-state index in [4.69, 9.17) is 9.47 Å². The smallest absolute Gasteiger partial charge is 0.310 e. The van der Waals surface area contributed by atoms with Crippen LogP contribution in [-0.4, -0.2) is 35.4 Å². The molecular weight excluding hydrogens is 402 g/mol. The van der Waals surface area contributed by atoms with Crippen LogP contribution in [-0.2, 0) is 23.9 Å². The second-order valence-corrected chi connectivity index (χ2v) is 8.47. The monoisotopic (exact) mass is 421 g/mol. The fraction of sp³-hybridized carbons (Fsp3) is 0.526. The molecule has 4 rings (SSSR count). The van der Waals surface area contributed by atoms with Crippen LogP contribution in [0.1, 0.15) is 17.5 Å². The Kier molecular flexibility index (Phi) is 4.29. The summed E-state index contributed by atoms with van der Waals surface area (Å²) in [7, 11) is 0. The van der Waals surface area contributed by atoms with Gasteiger partial charge in [0.1, 0.15) is 6.10 Å². The molecule has 1 aliphatic heterocycles. The molecule has 26 heavy (non-hydrogen) atoms. The molecule has 2 aliphatic carbocycles. The number of carbonyl (C=O) groups excluding carboxylic acids is 3. The number of fused-ring (bicyclic) bond motifs is 1. The van der Waals surface area contributed by atoms with Crippen molar-refractivity contribution in [2.75, 3.05) is 11.9 Å². The van der Waals surface area contributed by atoms with Gasteiger partial charge >= 0.3 is 11.9 Å². The summed E-state index contributed by atoms with van der Waals surface area (Å²) in [6.45, 7) is 3.59. The van der Waals surface area contributed by atoms with Gasteiger partial charge in [0.25, 0.3) is 5.91 Å². The van der Waals surface area contributed by atoms with Crippen LogP contribution in [0.15, 0.2) is 18.2 Å². The summed E-state index contributed by atoms with van der Waals surface area (Å²) in [5.74, 6) is -2.04. The minimum Gasteiger partial charge on any atom is -0.461 e. The minimum absolute atomic E-state index is 0.0166. The van der Waals surface area contributed by atoms with Crippen LogP contribution < -0.4 is 5.32 Å². The molecule has 2 saturated carbocycles. The van der Waals surface area contributed by atoms with Crippen LogP contribution in [0, 0.1) is 37.5 Å². The summed E-state index contributed by atoms with van der Waals surface area (Å²) in [6, 6.07) is 5.60. The lowest BCUT2D eigenvalue weighted by Gasteiger charge is -2.26. The molecule has 1 saturated heterocycles. The molecule has 7 heteroatoms. The maximum Gasteiger partial charge on any atom is 0.310 e. The van der Waals surface area contributed by atoms with Crippen molar-refractivity contribution in [2.24, 2.45) is 23.7 Å². The molecule has 6 atom stereocenters. The molecule has 138 valence electrons. The second kappa shape index (κ2) is 6.37. The van der Waals surface area contributed by atoms with E-state index >= 15 is 0 Å². The normalized spacial score (nSPS) is 33.9. The van der Waals surface area contributed by atoms with Crippen molar-refractivity contribution in [3.63, 3.8) is 0 Å². The third-order valence-corrected chi connectivity index (χ3v) is 7.13. The number of hydrogen-bond acceptors (Lipinski definition) is 5. The van der Waals surface area contributed by atoms with Crippen molar-refractivity contribution in [2.45, 2.75) is 31.2 Å². The van der Waals surface area contributed by atoms with E-state index in [2.05, 4.69) is 21.2 Å². The topological polar surface area (TPSA) is 81.7 Å². The van der Waals surface area contributed by atoms with Gasteiger partial charge in [-0.25, -0.2) is 0 Å². The van der Waals surface area contributed by atoms with E-state index in [0.29, 0.717) is 5.69 Å². The molecule has 2 bridgehead atoms. The molecule has 0 unspecified atom stereocenters. The molecule has 1 heterocycles. The van der Waals surface area contributed by atoms with Gasteiger partial charge in [-0.3, -0.25) is 14.4 Å². The number of esters is 2. The Morgan fingerprint density at radius 1 is 1.27 bits per heavy atom. The number of halogens is 1. The van der Waals surface area contributed by atoms with Crippen LogP contribution in [0.5, 0.6) is 0 Å². The fourth-order valence-corrected chi connectivity index (χ4v) is 5.59. The highest BCUT2D eigenvalue weighted by atomic mass is 79.9. The number of ether oxygens (including phenoxy) is 2. The summed E-state index contributed by atoms with van der Waals surface area (Å²) in [6.07, 6.45) is 0.653. The molecular formula is C19H20BrNO5. The lowest BCUT2D eigenvalue weighted by molar-refractivity contribution is -0.157. The van der Waals surface area contributed by atoms with Crippen molar-refractivity contribution >= 4 is 39.5 Å². The number of carbonyl (C=O) groups is 3. The van der Waals surface area contributed by atoms with Crippen LogP contribution in [0.3, 0.4) is 0 Å². The van der Waals surface area contributed by atoms with Crippen LogP contribution in [0.2, 0.25) is 0 Å². The Bertz CT molecular complexity index is 794. The van der Waals surface area contributed by atoms with Crippen molar-refractivity contribution < 1.29 is 23.9 Å². The van der Waals surface area contributed by atoms with Crippen LogP contribution in [0.4, 0.5) is 5.69 Å². The van der Waals surface area contributed by atoms with Crippen LogP contribution in [0.25, 0.3) is 0 Å². The summed E-state index contributed by atoms with van der Waals surface area (Å²) < 4.78 is 10.6. The Morgan fingerprint density at radius 3 is 2.77 bits per heavy atom. The van der Waals surface area contributed by atoms with Crippen molar-refractivity contribution in [1.29, 1.82) is 0 Å². The number of anilines is 1. The van der Waals surface area contributed by atoms with Gasteiger partial charge in [0.05, 0.1) is 16.7 Å². The fourth-order valence-electron chi connectivity index (χ4n) is 4.54. The van der Waals surface area contributed by atoms with E-state index in [1.807, 2.05) is 32.0 Å². The first-order valence-corrected chi connectivity index (χ1v) is 9.66. The number of nitrogens with one attached hydrogen (secondary N) is 1. The lowest BCUT2D eigenvalue weighted by atomic mass is 9.80. The highest BCUT2D eigenvalue weighted by Crippen LogP contribution is 2.60. The molecule has 0 radical (unpaired) electrons. The standard InChI is InChI=1S/C19H20BrNO5/c1-8-3-4-10(5-9(8)2)21-13(22)7-25-18(23)14-11-6-12-15(14)19(24)26-17(12)16(11)20/h3-5,11-12,14-17H,6-7H2,1-2H3,(H,21,22)/t11-,12-,14-,15-,16+,17+/m1/s1. The van der Waals surface area contributed by atoms with E-state index in [9.17, 15) is 14.4 Å². The van der Waals surface area contributed by atoms with Crippen LogP contribution >= 0.6 is 15.9 Å². The van der Waals surface area contributed by atoms with Gasteiger partial charge in [0.15, 0.2) is 6.61 Å². The van der Waals surface area contributed by atoms with Crippen molar-refractivity contribution in [3.8, 4) is 0 Å². The molecule has 0 spiro atoms. The van der Waals surface area contributed by atoms with Crippen molar-refractivity contribution in [1.82, 2.24) is 0 Å². The number of amides is 1. The molecule has 1 N–H and O–H groups in total. The van der Waals surface area contributed by atoms with Gasteiger partial charge in [-0.05, 0) is 49.4 Å². The molecule has 3 fully saturated rings. The highest BCUT2D eigenvalue weighted by molar-refractivity contribution is 9.09. The van der Waals surface area contributed by atoms with E-state index < -0.39 is 23.7 Å². The summed E-state index contributed by atoms with van der Waals surface area (Å²) in [4.78, 5) is 36.7. The van der Waals surface area contributed by atoms with E-state index in [1.54, 1.807) is 0 Å². The number of benzene rings is 1.